The maximum atomic E-state index is 12.0. The average Bonchev–Trinajstić information content (AvgIpc) is 3.21. The molecule has 2 heterocycles. The maximum Gasteiger partial charge on any atom is 0.267 e. The summed E-state index contributed by atoms with van der Waals surface area (Å²) in [7, 11) is 0. The van der Waals surface area contributed by atoms with Crippen molar-refractivity contribution in [3.63, 3.8) is 0 Å². The van der Waals surface area contributed by atoms with Gasteiger partial charge in [-0.15, -0.1) is 5.10 Å². The third kappa shape index (κ3) is 3.60. The fourth-order valence-corrected chi connectivity index (χ4v) is 2.33. The largest absolute Gasteiger partial charge is 0.364 e. The van der Waals surface area contributed by atoms with Crippen LogP contribution in [0, 0.1) is 6.92 Å². The van der Waals surface area contributed by atoms with Gasteiger partial charge in [0.05, 0.1) is 0 Å². The Bertz CT molecular complexity index is 817. The summed E-state index contributed by atoms with van der Waals surface area (Å²) in [6, 6.07) is 10.2. The van der Waals surface area contributed by atoms with Crippen molar-refractivity contribution in [2.24, 2.45) is 0 Å². The van der Waals surface area contributed by atoms with E-state index < -0.39 is 11.6 Å². The fourth-order valence-electron chi connectivity index (χ4n) is 2.33. The molecule has 6 nitrogen and oxygen atoms in total. The minimum absolute atomic E-state index is 0.0395. The zero-order valence-corrected chi connectivity index (χ0v) is 12.7. The molecule has 0 radical (unpaired) electrons. The highest BCUT2D eigenvalue weighted by molar-refractivity contribution is 6.43. The monoisotopic (exact) mass is 308 g/mol. The number of carbonyl (C=O) groups is 2. The van der Waals surface area contributed by atoms with Gasteiger partial charge in [0.1, 0.15) is 6.33 Å². The molecule has 0 aliphatic heterocycles. The van der Waals surface area contributed by atoms with Crippen LogP contribution in [0.2, 0.25) is 0 Å². The first-order valence-electron chi connectivity index (χ1n) is 7.27. The van der Waals surface area contributed by atoms with E-state index in [1.54, 1.807) is 6.20 Å². The predicted molar refractivity (Wildman–Crippen MR) is 84.2 cm³/mol. The average molecular weight is 308 g/mol. The molecule has 0 fully saturated rings. The summed E-state index contributed by atoms with van der Waals surface area (Å²) in [6.07, 6.45) is 3.82. The van der Waals surface area contributed by atoms with E-state index in [4.69, 9.17) is 0 Å². The zero-order valence-electron chi connectivity index (χ0n) is 12.7. The Morgan fingerprint density at radius 3 is 2.61 bits per heavy atom. The summed E-state index contributed by atoms with van der Waals surface area (Å²) >= 11 is 0. The molecule has 0 spiro atoms. The van der Waals surface area contributed by atoms with Crippen LogP contribution in [0.5, 0.6) is 0 Å². The number of rotatable bonds is 6. The van der Waals surface area contributed by atoms with Gasteiger partial charge < -0.3 is 4.98 Å². The molecule has 6 heteroatoms. The van der Waals surface area contributed by atoms with E-state index in [0.29, 0.717) is 0 Å². The smallest absolute Gasteiger partial charge is 0.267 e. The summed E-state index contributed by atoms with van der Waals surface area (Å²) in [5, 5.41) is 6.06. The number of carbonyl (C=O) groups excluding carboxylic acids is 2. The van der Waals surface area contributed by atoms with Crippen molar-refractivity contribution >= 4 is 11.6 Å². The number of hydrogen-bond acceptors (Lipinski definition) is 4. The lowest BCUT2D eigenvalue weighted by Crippen LogP contribution is -2.17. The minimum Gasteiger partial charge on any atom is -0.364 e. The molecule has 0 aliphatic rings. The number of aryl methyl sites for hydroxylation is 1. The van der Waals surface area contributed by atoms with E-state index in [1.165, 1.54) is 17.5 Å². The van der Waals surface area contributed by atoms with Crippen LogP contribution in [0.15, 0.2) is 42.9 Å². The molecule has 0 atom stereocenters. The second-order valence-corrected chi connectivity index (χ2v) is 5.45. The predicted octanol–water partition coefficient (Wildman–Crippen LogP) is 2.03. The van der Waals surface area contributed by atoms with E-state index in [-0.39, 0.29) is 12.2 Å². The number of aromatic nitrogens is 4. The summed E-state index contributed by atoms with van der Waals surface area (Å²) < 4.78 is 0. The van der Waals surface area contributed by atoms with E-state index in [2.05, 4.69) is 44.4 Å². The van der Waals surface area contributed by atoms with Gasteiger partial charge in [0.15, 0.2) is 0 Å². The Hall–Kier alpha value is -3.02. The molecular weight excluding hydrogens is 292 g/mol. The van der Waals surface area contributed by atoms with Crippen LogP contribution in [0.25, 0.3) is 0 Å². The standard InChI is InChI=1S/C17H16N4O2/c1-11-2-4-12(5-3-11)6-14-7-13(9-18-14)8-15(22)16(23)17-19-10-20-21-17/h2-5,7,9-10,18H,6,8H2,1H3,(H,19,20,21). The number of ketones is 2. The van der Waals surface area contributed by atoms with Crippen LogP contribution < -0.4 is 0 Å². The van der Waals surface area contributed by atoms with Gasteiger partial charge in [-0.25, -0.2) is 4.98 Å². The SMILES string of the molecule is Cc1ccc(Cc2cc(CC(=O)C(=O)c3nc[nH]n3)c[nH]2)cc1. The van der Waals surface area contributed by atoms with Gasteiger partial charge in [0, 0.05) is 24.7 Å². The van der Waals surface area contributed by atoms with Crippen molar-refractivity contribution in [2.75, 3.05) is 0 Å². The molecule has 0 saturated heterocycles. The molecule has 116 valence electrons. The van der Waals surface area contributed by atoms with Crippen molar-refractivity contribution in [2.45, 2.75) is 19.8 Å². The molecule has 0 bridgehead atoms. The second-order valence-electron chi connectivity index (χ2n) is 5.45. The molecule has 23 heavy (non-hydrogen) atoms. The van der Waals surface area contributed by atoms with Gasteiger partial charge in [-0.2, -0.15) is 0 Å². The number of Topliss-reactive ketones (excluding diaryl/α,β-unsaturated/α-hetero) is 2. The van der Waals surface area contributed by atoms with Crippen molar-refractivity contribution in [1.29, 1.82) is 0 Å². The molecule has 1 aromatic carbocycles. The summed E-state index contributed by atoms with van der Waals surface area (Å²) in [6.45, 7) is 2.05. The molecule has 0 amide bonds. The van der Waals surface area contributed by atoms with E-state index >= 15 is 0 Å². The second kappa shape index (κ2) is 6.39. The molecular formula is C17H16N4O2. The number of nitrogens with zero attached hydrogens (tertiary/aromatic N) is 2. The number of nitrogens with one attached hydrogen (secondary N) is 2. The normalized spacial score (nSPS) is 10.7. The van der Waals surface area contributed by atoms with Crippen molar-refractivity contribution in [3.8, 4) is 0 Å². The van der Waals surface area contributed by atoms with Gasteiger partial charge in [-0.05, 0) is 24.1 Å². The molecule has 2 N–H and O–H groups in total. The van der Waals surface area contributed by atoms with Gasteiger partial charge in [-0.1, -0.05) is 29.8 Å². The summed E-state index contributed by atoms with van der Waals surface area (Å²) in [5.41, 5.74) is 4.19. The molecule has 3 rings (SSSR count). The Labute approximate surface area is 133 Å². The van der Waals surface area contributed by atoms with Gasteiger partial charge in [0.2, 0.25) is 11.6 Å². The third-order valence-electron chi connectivity index (χ3n) is 3.55. The Morgan fingerprint density at radius 2 is 1.91 bits per heavy atom. The highest BCUT2D eigenvalue weighted by Gasteiger charge is 2.20. The molecule has 0 aliphatic carbocycles. The maximum absolute atomic E-state index is 12.0. The Balaban J connectivity index is 1.64. The Kier molecular flexibility index (Phi) is 4.14. The summed E-state index contributed by atoms with van der Waals surface area (Å²) in [5.74, 6) is -1.29. The van der Waals surface area contributed by atoms with Crippen LogP contribution >= 0.6 is 0 Å². The lowest BCUT2D eigenvalue weighted by molar-refractivity contribution is -0.114. The van der Waals surface area contributed by atoms with E-state index in [9.17, 15) is 9.59 Å². The van der Waals surface area contributed by atoms with Gasteiger partial charge >= 0.3 is 0 Å². The van der Waals surface area contributed by atoms with Crippen LogP contribution in [0.1, 0.15) is 33.0 Å². The quantitative estimate of drug-likeness (QED) is 0.538. The number of aromatic amines is 2. The molecule has 0 saturated carbocycles. The minimum atomic E-state index is -0.674. The first-order valence-corrected chi connectivity index (χ1v) is 7.27. The summed E-state index contributed by atoms with van der Waals surface area (Å²) in [4.78, 5) is 30.6. The number of benzene rings is 1. The van der Waals surface area contributed by atoms with Crippen molar-refractivity contribution in [3.05, 3.63) is 71.1 Å². The van der Waals surface area contributed by atoms with Gasteiger partial charge in [-0.3, -0.25) is 14.7 Å². The molecule has 3 aromatic rings. The van der Waals surface area contributed by atoms with E-state index in [0.717, 1.165) is 17.7 Å². The Morgan fingerprint density at radius 1 is 1.13 bits per heavy atom. The van der Waals surface area contributed by atoms with Crippen molar-refractivity contribution in [1.82, 2.24) is 20.2 Å². The highest BCUT2D eigenvalue weighted by atomic mass is 16.2. The fraction of sp³-hybridized carbons (Fsp3) is 0.176. The van der Waals surface area contributed by atoms with E-state index in [1.807, 2.05) is 13.0 Å². The van der Waals surface area contributed by atoms with Crippen LogP contribution in [-0.2, 0) is 17.6 Å². The highest BCUT2D eigenvalue weighted by Crippen LogP contribution is 2.12. The van der Waals surface area contributed by atoms with Crippen LogP contribution in [0.3, 0.4) is 0 Å². The van der Waals surface area contributed by atoms with Crippen LogP contribution in [0.4, 0.5) is 0 Å². The lowest BCUT2D eigenvalue weighted by atomic mass is 10.1. The number of H-pyrrole nitrogens is 2. The molecule has 0 unspecified atom stereocenters. The first-order chi connectivity index (χ1) is 11.1. The van der Waals surface area contributed by atoms with Gasteiger partial charge in [0.25, 0.3) is 5.78 Å². The third-order valence-corrected chi connectivity index (χ3v) is 3.55. The van der Waals surface area contributed by atoms with Crippen LogP contribution in [-0.4, -0.2) is 31.7 Å². The number of hydrogen-bond donors (Lipinski definition) is 2. The molecule has 2 aromatic heterocycles. The van der Waals surface area contributed by atoms with Crippen molar-refractivity contribution < 1.29 is 9.59 Å². The zero-order chi connectivity index (χ0) is 16.2. The first kappa shape index (κ1) is 14.9. The lowest BCUT2D eigenvalue weighted by Gasteiger charge is -1.99. The topological polar surface area (TPSA) is 91.5 Å².